The van der Waals surface area contributed by atoms with Crippen molar-refractivity contribution < 1.29 is 19.4 Å². The van der Waals surface area contributed by atoms with Crippen LogP contribution < -0.4 is 0 Å². The minimum Gasteiger partial charge on any atom is -0.479 e. The number of benzene rings is 1. The highest BCUT2D eigenvalue weighted by Gasteiger charge is 2.31. The second-order valence-electron chi connectivity index (χ2n) is 5.25. The Bertz CT molecular complexity index is 729. The first-order valence-corrected chi connectivity index (χ1v) is 8.04. The maximum Gasteiger partial charge on any atom is 0.334 e. The fourth-order valence-electron chi connectivity index (χ4n) is 2.43. The Balaban J connectivity index is 1.83. The molecule has 1 fully saturated rings. The van der Waals surface area contributed by atoms with Crippen LogP contribution in [0.5, 0.6) is 0 Å². The van der Waals surface area contributed by atoms with Crippen molar-refractivity contribution in [3.8, 4) is 10.6 Å². The highest BCUT2D eigenvalue weighted by Crippen LogP contribution is 2.29. The number of morpholine rings is 1. The fourth-order valence-corrected chi connectivity index (χ4v) is 3.47. The van der Waals surface area contributed by atoms with Crippen LogP contribution in [0.4, 0.5) is 0 Å². The van der Waals surface area contributed by atoms with E-state index in [0.29, 0.717) is 17.1 Å². The smallest absolute Gasteiger partial charge is 0.334 e. The first kappa shape index (κ1) is 15.6. The molecule has 1 aromatic heterocycles. The van der Waals surface area contributed by atoms with Gasteiger partial charge in [0.05, 0.1) is 18.8 Å². The van der Waals surface area contributed by atoms with Gasteiger partial charge in [-0.3, -0.25) is 4.79 Å². The summed E-state index contributed by atoms with van der Waals surface area (Å²) in [4.78, 5) is 30.3. The Morgan fingerprint density at radius 1 is 1.35 bits per heavy atom. The molecule has 0 spiro atoms. The van der Waals surface area contributed by atoms with Crippen LogP contribution in [0.3, 0.4) is 0 Å². The van der Waals surface area contributed by atoms with Gasteiger partial charge < -0.3 is 14.7 Å². The molecule has 2 aromatic rings. The molecule has 1 aromatic carbocycles. The zero-order chi connectivity index (χ0) is 16.4. The summed E-state index contributed by atoms with van der Waals surface area (Å²) in [5, 5.41) is 9.83. The molecule has 120 valence electrons. The predicted molar refractivity (Wildman–Crippen MR) is 85.6 cm³/mol. The molecule has 0 bridgehead atoms. The SMILES string of the molecule is Cc1nc(-c2ccccc2)sc1C(=O)N1CCOC(C(=O)O)C1. The number of thiazole rings is 1. The Kier molecular flexibility index (Phi) is 4.40. The normalized spacial score (nSPS) is 18.0. The molecule has 3 rings (SSSR count). The van der Waals surface area contributed by atoms with E-state index in [4.69, 9.17) is 9.84 Å². The van der Waals surface area contributed by atoms with Crippen molar-refractivity contribution in [2.75, 3.05) is 19.7 Å². The van der Waals surface area contributed by atoms with E-state index in [0.717, 1.165) is 10.6 Å². The van der Waals surface area contributed by atoms with Gasteiger partial charge in [0, 0.05) is 12.1 Å². The minimum absolute atomic E-state index is 0.0617. The van der Waals surface area contributed by atoms with E-state index in [1.165, 1.54) is 16.2 Å². The third-order valence-electron chi connectivity index (χ3n) is 3.64. The van der Waals surface area contributed by atoms with Gasteiger partial charge in [0.15, 0.2) is 6.10 Å². The summed E-state index contributed by atoms with van der Waals surface area (Å²) in [6, 6.07) is 9.67. The van der Waals surface area contributed by atoms with E-state index < -0.39 is 12.1 Å². The van der Waals surface area contributed by atoms with E-state index in [-0.39, 0.29) is 19.1 Å². The Morgan fingerprint density at radius 2 is 2.09 bits per heavy atom. The molecule has 0 radical (unpaired) electrons. The summed E-state index contributed by atoms with van der Waals surface area (Å²) >= 11 is 1.33. The van der Waals surface area contributed by atoms with Gasteiger partial charge in [-0.25, -0.2) is 9.78 Å². The van der Waals surface area contributed by atoms with Gasteiger partial charge in [-0.1, -0.05) is 30.3 Å². The summed E-state index contributed by atoms with van der Waals surface area (Å²) in [6.07, 6.45) is -0.963. The quantitative estimate of drug-likeness (QED) is 0.930. The number of ether oxygens (including phenoxy) is 1. The van der Waals surface area contributed by atoms with Gasteiger partial charge in [-0.15, -0.1) is 11.3 Å². The summed E-state index contributed by atoms with van der Waals surface area (Å²) < 4.78 is 5.15. The number of nitrogens with zero attached hydrogens (tertiary/aromatic N) is 2. The number of aromatic nitrogens is 1. The van der Waals surface area contributed by atoms with Crippen LogP contribution in [0.1, 0.15) is 15.4 Å². The maximum atomic E-state index is 12.7. The van der Waals surface area contributed by atoms with Crippen LogP contribution in [-0.4, -0.2) is 52.7 Å². The van der Waals surface area contributed by atoms with E-state index in [1.54, 1.807) is 6.92 Å². The van der Waals surface area contributed by atoms with Crippen LogP contribution in [-0.2, 0) is 9.53 Å². The number of rotatable bonds is 3. The van der Waals surface area contributed by atoms with Crippen LogP contribution in [0.2, 0.25) is 0 Å². The van der Waals surface area contributed by atoms with Crippen LogP contribution in [0, 0.1) is 6.92 Å². The molecule has 1 N–H and O–H groups in total. The first-order valence-electron chi connectivity index (χ1n) is 7.23. The number of hydrogen-bond acceptors (Lipinski definition) is 5. The number of amides is 1. The molecule has 7 heteroatoms. The molecule has 1 amide bonds. The van der Waals surface area contributed by atoms with Crippen LogP contribution in [0.25, 0.3) is 10.6 Å². The molecule has 1 aliphatic heterocycles. The molecule has 1 saturated heterocycles. The zero-order valence-electron chi connectivity index (χ0n) is 12.6. The van der Waals surface area contributed by atoms with E-state index in [1.807, 2.05) is 30.3 Å². The maximum absolute atomic E-state index is 12.7. The fraction of sp³-hybridized carbons (Fsp3) is 0.312. The topological polar surface area (TPSA) is 79.7 Å². The molecule has 23 heavy (non-hydrogen) atoms. The van der Waals surface area contributed by atoms with Crippen molar-refractivity contribution >= 4 is 23.2 Å². The van der Waals surface area contributed by atoms with Gasteiger partial charge in [0.25, 0.3) is 5.91 Å². The van der Waals surface area contributed by atoms with E-state index >= 15 is 0 Å². The van der Waals surface area contributed by atoms with E-state index in [2.05, 4.69) is 4.98 Å². The highest BCUT2D eigenvalue weighted by atomic mass is 32.1. The molecule has 1 atom stereocenters. The number of carbonyl (C=O) groups is 2. The first-order chi connectivity index (χ1) is 11.1. The summed E-state index contributed by atoms with van der Waals surface area (Å²) in [5.74, 6) is -1.23. The number of hydrogen-bond donors (Lipinski definition) is 1. The summed E-state index contributed by atoms with van der Waals surface area (Å²) in [7, 11) is 0. The molecule has 1 aliphatic rings. The molecule has 0 saturated carbocycles. The van der Waals surface area contributed by atoms with Gasteiger partial charge in [0.2, 0.25) is 0 Å². The van der Waals surface area contributed by atoms with E-state index in [9.17, 15) is 9.59 Å². The van der Waals surface area contributed by atoms with Gasteiger partial charge in [0.1, 0.15) is 9.88 Å². The lowest BCUT2D eigenvalue weighted by molar-refractivity contribution is -0.154. The lowest BCUT2D eigenvalue weighted by atomic mass is 10.2. The van der Waals surface area contributed by atoms with Gasteiger partial charge in [-0.2, -0.15) is 0 Å². The van der Waals surface area contributed by atoms with Crippen molar-refractivity contribution in [1.82, 2.24) is 9.88 Å². The number of carbonyl (C=O) groups excluding carboxylic acids is 1. The van der Waals surface area contributed by atoms with Crippen molar-refractivity contribution in [1.29, 1.82) is 0 Å². The molecular weight excluding hydrogens is 316 g/mol. The number of carboxylic acids is 1. The highest BCUT2D eigenvalue weighted by molar-refractivity contribution is 7.17. The largest absolute Gasteiger partial charge is 0.479 e. The number of aryl methyl sites for hydroxylation is 1. The summed E-state index contributed by atoms with van der Waals surface area (Å²) in [6.45, 7) is 2.48. The molecule has 2 heterocycles. The Labute approximate surface area is 137 Å². The lowest BCUT2D eigenvalue weighted by Crippen LogP contribution is -2.48. The average molecular weight is 332 g/mol. The number of carboxylic acid groups (broad SMARTS) is 1. The van der Waals surface area contributed by atoms with Crippen molar-refractivity contribution in [2.24, 2.45) is 0 Å². The summed E-state index contributed by atoms with van der Waals surface area (Å²) in [5.41, 5.74) is 1.63. The lowest BCUT2D eigenvalue weighted by Gasteiger charge is -2.30. The predicted octanol–water partition coefficient (Wildman–Crippen LogP) is 2.04. The van der Waals surface area contributed by atoms with Gasteiger partial charge in [-0.05, 0) is 6.92 Å². The standard InChI is InChI=1S/C16H16N2O4S/c1-10-13(23-14(17-10)11-5-3-2-4-6-11)15(19)18-7-8-22-12(9-18)16(20)21/h2-6,12H,7-9H2,1H3,(H,20,21). The Morgan fingerprint density at radius 3 is 2.78 bits per heavy atom. The van der Waals surface area contributed by atoms with Gasteiger partial charge >= 0.3 is 5.97 Å². The third-order valence-corrected chi connectivity index (χ3v) is 4.84. The monoisotopic (exact) mass is 332 g/mol. The zero-order valence-corrected chi connectivity index (χ0v) is 13.4. The second kappa shape index (κ2) is 6.47. The second-order valence-corrected chi connectivity index (χ2v) is 6.25. The van der Waals surface area contributed by atoms with Crippen molar-refractivity contribution in [3.63, 3.8) is 0 Å². The third kappa shape index (κ3) is 3.25. The van der Waals surface area contributed by atoms with Crippen molar-refractivity contribution in [3.05, 3.63) is 40.9 Å². The molecular formula is C16H16N2O4S. The molecule has 0 aliphatic carbocycles. The Hall–Kier alpha value is -2.25. The van der Waals surface area contributed by atoms with Crippen molar-refractivity contribution in [2.45, 2.75) is 13.0 Å². The average Bonchev–Trinajstić information content (AvgIpc) is 2.97. The molecule has 1 unspecified atom stereocenters. The minimum atomic E-state index is -1.05. The van der Waals surface area contributed by atoms with Crippen LogP contribution >= 0.6 is 11.3 Å². The number of aliphatic carboxylic acids is 1. The van der Waals surface area contributed by atoms with Crippen LogP contribution in [0.15, 0.2) is 30.3 Å². The molecule has 6 nitrogen and oxygen atoms in total.